The molecule has 23 heavy (non-hydrogen) atoms. The predicted octanol–water partition coefficient (Wildman–Crippen LogP) is 1.78. The number of hydrogen-bond donors (Lipinski definition) is 2. The van der Waals surface area contributed by atoms with Gasteiger partial charge < -0.3 is 10.1 Å². The van der Waals surface area contributed by atoms with Crippen LogP contribution in [0.4, 0.5) is 5.69 Å². The smallest absolute Gasteiger partial charge is 0.355 e. The third-order valence-electron chi connectivity index (χ3n) is 3.25. The standard InChI is InChI=1S/C15H16ClN3O4/c1-8-3-4-10(16)7-12(8)17-14(21)9(2)23-15(22)11-5-6-13(20)19-18-11/h3-4,7,9H,5-6H2,1-2H3,(H,17,21)(H,19,20)/t9-/m1/s1. The van der Waals surface area contributed by atoms with E-state index >= 15 is 0 Å². The van der Waals surface area contributed by atoms with Crippen molar-refractivity contribution < 1.29 is 19.1 Å². The van der Waals surface area contributed by atoms with Gasteiger partial charge in [-0.15, -0.1) is 0 Å². The number of nitrogens with zero attached hydrogens (tertiary/aromatic N) is 1. The van der Waals surface area contributed by atoms with Crippen LogP contribution in [-0.2, 0) is 19.1 Å². The topological polar surface area (TPSA) is 96.9 Å². The highest BCUT2D eigenvalue weighted by atomic mass is 35.5. The van der Waals surface area contributed by atoms with Crippen molar-refractivity contribution in [3.05, 3.63) is 28.8 Å². The van der Waals surface area contributed by atoms with Gasteiger partial charge >= 0.3 is 5.97 Å². The quantitative estimate of drug-likeness (QED) is 0.818. The molecule has 0 saturated carbocycles. The Morgan fingerprint density at radius 1 is 1.39 bits per heavy atom. The van der Waals surface area contributed by atoms with E-state index in [-0.39, 0.29) is 24.5 Å². The summed E-state index contributed by atoms with van der Waals surface area (Å²) in [6, 6.07) is 5.10. The van der Waals surface area contributed by atoms with Gasteiger partial charge in [-0.25, -0.2) is 10.2 Å². The largest absolute Gasteiger partial charge is 0.448 e. The summed E-state index contributed by atoms with van der Waals surface area (Å²) >= 11 is 5.89. The van der Waals surface area contributed by atoms with Crippen LogP contribution in [0.5, 0.6) is 0 Å². The number of rotatable bonds is 4. The van der Waals surface area contributed by atoms with Crippen LogP contribution >= 0.6 is 11.6 Å². The normalized spacial score (nSPS) is 15.3. The van der Waals surface area contributed by atoms with Crippen LogP contribution < -0.4 is 10.7 Å². The Morgan fingerprint density at radius 2 is 2.13 bits per heavy atom. The van der Waals surface area contributed by atoms with Crippen LogP contribution in [0.2, 0.25) is 5.02 Å². The zero-order chi connectivity index (χ0) is 17.0. The number of anilines is 1. The first kappa shape index (κ1) is 17.0. The number of esters is 1. The Morgan fingerprint density at radius 3 is 2.78 bits per heavy atom. The molecule has 1 aliphatic heterocycles. The van der Waals surface area contributed by atoms with Gasteiger partial charge in [-0.2, -0.15) is 5.10 Å². The summed E-state index contributed by atoms with van der Waals surface area (Å²) in [6.07, 6.45) is -0.663. The Labute approximate surface area is 138 Å². The number of amides is 2. The van der Waals surface area contributed by atoms with Crippen molar-refractivity contribution in [1.82, 2.24) is 5.43 Å². The lowest BCUT2D eigenvalue weighted by atomic mass is 10.2. The number of ether oxygens (including phenoxy) is 1. The zero-order valence-corrected chi connectivity index (χ0v) is 13.4. The van der Waals surface area contributed by atoms with E-state index in [4.69, 9.17) is 16.3 Å². The lowest BCUT2D eigenvalue weighted by molar-refractivity contribution is -0.146. The van der Waals surface area contributed by atoms with Crippen molar-refractivity contribution in [2.24, 2.45) is 5.10 Å². The molecule has 0 fully saturated rings. The Hall–Kier alpha value is -2.41. The molecule has 122 valence electrons. The van der Waals surface area contributed by atoms with E-state index in [1.807, 2.05) is 6.92 Å². The third-order valence-corrected chi connectivity index (χ3v) is 3.49. The fraction of sp³-hybridized carbons (Fsp3) is 0.333. The van der Waals surface area contributed by atoms with E-state index in [0.717, 1.165) is 5.56 Å². The SMILES string of the molecule is Cc1ccc(Cl)cc1NC(=O)[C@@H](C)OC(=O)C1=NNC(=O)CC1. The number of benzene rings is 1. The van der Waals surface area contributed by atoms with Crippen LogP contribution in [-0.4, -0.2) is 29.6 Å². The van der Waals surface area contributed by atoms with Crippen molar-refractivity contribution in [2.75, 3.05) is 5.32 Å². The molecular formula is C15H16ClN3O4. The summed E-state index contributed by atoms with van der Waals surface area (Å²) in [5.41, 5.74) is 3.67. The zero-order valence-electron chi connectivity index (χ0n) is 12.7. The van der Waals surface area contributed by atoms with Gasteiger partial charge in [-0.05, 0) is 31.5 Å². The lowest BCUT2D eigenvalue weighted by Crippen LogP contribution is -2.35. The molecule has 1 heterocycles. The van der Waals surface area contributed by atoms with Gasteiger partial charge in [0, 0.05) is 23.6 Å². The number of halogens is 1. The van der Waals surface area contributed by atoms with E-state index in [1.54, 1.807) is 18.2 Å². The fourth-order valence-corrected chi connectivity index (χ4v) is 2.04. The minimum absolute atomic E-state index is 0.0863. The van der Waals surface area contributed by atoms with E-state index in [0.29, 0.717) is 10.7 Å². The van der Waals surface area contributed by atoms with Crippen LogP contribution in [0.1, 0.15) is 25.3 Å². The minimum atomic E-state index is -1.01. The summed E-state index contributed by atoms with van der Waals surface area (Å²) in [4.78, 5) is 35.0. The second-order valence-corrected chi connectivity index (χ2v) is 5.53. The maximum atomic E-state index is 12.1. The van der Waals surface area contributed by atoms with Gasteiger partial charge in [-0.3, -0.25) is 9.59 Å². The highest BCUT2D eigenvalue weighted by Gasteiger charge is 2.24. The Kier molecular flexibility index (Phi) is 5.33. The van der Waals surface area contributed by atoms with E-state index in [2.05, 4.69) is 15.8 Å². The van der Waals surface area contributed by atoms with Crippen molar-refractivity contribution in [3.63, 3.8) is 0 Å². The van der Waals surface area contributed by atoms with Gasteiger partial charge in [0.25, 0.3) is 5.91 Å². The predicted molar refractivity (Wildman–Crippen MR) is 85.2 cm³/mol. The van der Waals surface area contributed by atoms with Gasteiger partial charge in [-0.1, -0.05) is 17.7 Å². The molecule has 2 amide bonds. The molecule has 0 aliphatic carbocycles. The van der Waals surface area contributed by atoms with Crippen LogP contribution in [0.3, 0.4) is 0 Å². The molecular weight excluding hydrogens is 322 g/mol. The molecule has 0 spiro atoms. The van der Waals surface area contributed by atoms with Gasteiger partial charge in [0.05, 0.1) is 0 Å². The number of hydrogen-bond acceptors (Lipinski definition) is 5. The average Bonchev–Trinajstić information content (AvgIpc) is 2.51. The molecule has 0 unspecified atom stereocenters. The van der Waals surface area contributed by atoms with E-state index in [9.17, 15) is 14.4 Å². The number of aryl methyl sites for hydroxylation is 1. The molecule has 2 N–H and O–H groups in total. The Balaban J connectivity index is 1.96. The van der Waals surface area contributed by atoms with Gasteiger partial charge in [0.15, 0.2) is 6.10 Å². The summed E-state index contributed by atoms with van der Waals surface area (Å²) in [5.74, 6) is -1.47. The average molecular weight is 338 g/mol. The number of hydrazone groups is 1. The Bertz CT molecular complexity index is 687. The highest BCUT2D eigenvalue weighted by Crippen LogP contribution is 2.20. The van der Waals surface area contributed by atoms with Crippen LogP contribution in [0.15, 0.2) is 23.3 Å². The fourth-order valence-electron chi connectivity index (χ4n) is 1.87. The second-order valence-electron chi connectivity index (χ2n) is 5.09. The molecule has 0 aromatic heterocycles. The monoisotopic (exact) mass is 337 g/mol. The van der Waals surface area contributed by atoms with E-state index < -0.39 is 18.0 Å². The number of carbonyl (C=O) groups excluding carboxylic acids is 3. The van der Waals surface area contributed by atoms with E-state index in [1.165, 1.54) is 6.92 Å². The summed E-state index contributed by atoms with van der Waals surface area (Å²) < 4.78 is 5.06. The summed E-state index contributed by atoms with van der Waals surface area (Å²) in [7, 11) is 0. The molecule has 8 heteroatoms. The highest BCUT2D eigenvalue weighted by molar-refractivity contribution is 6.37. The molecule has 7 nitrogen and oxygen atoms in total. The molecule has 1 aromatic carbocycles. The molecule has 0 radical (unpaired) electrons. The summed E-state index contributed by atoms with van der Waals surface area (Å²) in [5, 5.41) is 6.77. The van der Waals surface area contributed by atoms with Gasteiger partial charge in [0.1, 0.15) is 5.71 Å². The first-order valence-corrected chi connectivity index (χ1v) is 7.38. The van der Waals surface area contributed by atoms with Gasteiger partial charge in [0.2, 0.25) is 5.91 Å². The minimum Gasteiger partial charge on any atom is -0.448 e. The van der Waals surface area contributed by atoms with Crippen molar-refractivity contribution in [1.29, 1.82) is 0 Å². The molecule has 1 aliphatic rings. The lowest BCUT2D eigenvalue weighted by Gasteiger charge is -2.16. The molecule has 1 atom stereocenters. The second kappa shape index (κ2) is 7.23. The maximum absolute atomic E-state index is 12.1. The van der Waals surface area contributed by atoms with Crippen molar-refractivity contribution in [3.8, 4) is 0 Å². The summed E-state index contributed by atoms with van der Waals surface area (Å²) in [6.45, 7) is 3.27. The number of nitrogens with one attached hydrogen (secondary N) is 2. The molecule has 1 aromatic rings. The molecule has 0 bridgehead atoms. The van der Waals surface area contributed by atoms with Crippen LogP contribution in [0, 0.1) is 6.92 Å². The number of carbonyl (C=O) groups is 3. The first-order valence-electron chi connectivity index (χ1n) is 7.00. The molecule has 0 saturated heterocycles. The van der Waals surface area contributed by atoms with Crippen molar-refractivity contribution >= 4 is 40.8 Å². The molecule has 2 rings (SSSR count). The third kappa shape index (κ3) is 4.53. The maximum Gasteiger partial charge on any atom is 0.355 e. The first-order chi connectivity index (χ1) is 10.9. The van der Waals surface area contributed by atoms with Crippen LogP contribution in [0.25, 0.3) is 0 Å². The van der Waals surface area contributed by atoms with Crippen molar-refractivity contribution in [2.45, 2.75) is 32.8 Å².